The fourth-order valence-corrected chi connectivity index (χ4v) is 3.67. The molecule has 0 bridgehead atoms. The first-order chi connectivity index (χ1) is 5.71. The van der Waals surface area contributed by atoms with E-state index in [1.54, 1.807) is 0 Å². The summed E-state index contributed by atoms with van der Waals surface area (Å²) in [5, 5.41) is 0. The molecule has 0 aliphatic heterocycles. The van der Waals surface area contributed by atoms with E-state index in [2.05, 4.69) is 41.5 Å². The third-order valence-electron chi connectivity index (χ3n) is 1.36. The van der Waals surface area contributed by atoms with Crippen molar-refractivity contribution in [1.82, 2.24) is 0 Å². The summed E-state index contributed by atoms with van der Waals surface area (Å²) in [5.41, 5.74) is 1.36. The molecule has 0 spiro atoms. The first kappa shape index (κ1) is 13.4. The fourth-order valence-electron chi connectivity index (χ4n) is 0.816. The van der Waals surface area contributed by atoms with Gasteiger partial charge in [-0.25, -0.2) is 0 Å². The molecule has 0 rings (SSSR count). The lowest BCUT2D eigenvalue weighted by molar-refractivity contribution is 0.132. The van der Waals surface area contributed by atoms with Crippen LogP contribution in [0.1, 0.15) is 41.5 Å². The van der Waals surface area contributed by atoms with E-state index in [1.807, 2.05) is 0 Å². The highest BCUT2D eigenvalue weighted by atomic mass is 28.3. The molecule has 4 heteroatoms. The van der Waals surface area contributed by atoms with Gasteiger partial charge in [0, 0.05) is 11.2 Å². The Morgan fingerprint density at radius 3 is 1.31 bits per heavy atom. The Morgan fingerprint density at radius 2 is 1.08 bits per heavy atom. The smallest absolute Gasteiger partial charge is 0.161 e. The van der Waals surface area contributed by atoms with Gasteiger partial charge in [-0.05, 0) is 47.2 Å². The van der Waals surface area contributed by atoms with Crippen molar-refractivity contribution in [1.29, 1.82) is 0 Å². The summed E-state index contributed by atoms with van der Waals surface area (Å²) in [5.74, 6) is 0. The highest BCUT2D eigenvalue weighted by Gasteiger charge is 2.11. The standard InChI is InChI=1S/C9H24O2Si2/c1-8(2,3)10-12-7-13-11-9(4,5)6/h7,12-13H2,1-6H3. The zero-order chi connectivity index (χ0) is 10.5. The Bertz CT molecular complexity index is 120. The van der Waals surface area contributed by atoms with E-state index in [1.165, 1.54) is 5.67 Å². The van der Waals surface area contributed by atoms with E-state index < -0.39 is 0 Å². The normalized spacial score (nSPS) is 15.2. The monoisotopic (exact) mass is 220 g/mol. The Kier molecular flexibility index (Phi) is 5.43. The predicted octanol–water partition coefficient (Wildman–Crippen LogP) is 1.16. The van der Waals surface area contributed by atoms with Gasteiger partial charge in [-0.3, -0.25) is 0 Å². The minimum absolute atomic E-state index is 0.0579. The van der Waals surface area contributed by atoms with Crippen molar-refractivity contribution in [2.75, 3.05) is 0 Å². The van der Waals surface area contributed by atoms with Crippen molar-refractivity contribution >= 4 is 19.5 Å². The third kappa shape index (κ3) is 12.4. The van der Waals surface area contributed by atoms with Crippen LogP contribution in [0.2, 0.25) is 5.67 Å². The van der Waals surface area contributed by atoms with E-state index in [9.17, 15) is 0 Å². The highest BCUT2D eigenvalue weighted by Crippen LogP contribution is 2.08. The first-order valence-electron chi connectivity index (χ1n) is 4.99. The second kappa shape index (κ2) is 5.29. The molecule has 0 radical (unpaired) electrons. The van der Waals surface area contributed by atoms with Crippen LogP contribution in [0.25, 0.3) is 0 Å². The van der Waals surface area contributed by atoms with Crippen molar-refractivity contribution < 1.29 is 8.85 Å². The summed E-state index contributed by atoms with van der Waals surface area (Å²) in [6.07, 6.45) is 0. The molecule has 2 nitrogen and oxygen atoms in total. The molecule has 0 N–H and O–H groups in total. The maximum absolute atomic E-state index is 5.74. The number of hydrogen-bond acceptors (Lipinski definition) is 2. The topological polar surface area (TPSA) is 18.5 Å². The zero-order valence-electron chi connectivity index (χ0n) is 9.94. The molecule has 0 unspecified atom stereocenters. The quantitative estimate of drug-likeness (QED) is 0.523. The largest absolute Gasteiger partial charge is 0.420 e. The minimum Gasteiger partial charge on any atom is -0.420 e. The maximum atomic E-state index is 5.74. The molecule has 0 aromatic carbocycles. The summed E-state index contributed by atoms with van der Waals surface area (Å²) in [7, 11) is -0.650. The van der Waals surface area contributed by atoms with Gasteiger partial charge in [0.2, 0.25) is 0 Å². The molecular formula is C9H24O2Si2. The molecule has 80 valence electrons. The van der Waals surface area contributed by atoms with Crippen LogP contribution in [0.5, 0.6) is 0 Å². The van der Waals surface area contributed by atoms with E-state index in [4.69, 9.17) is 8.85 Å². The van der Waals surface area contributed by atoms with Gasteiger partial charge >= 0.3 is 0 Å². The molecule has 0 aromatic rings. The van der Waals surface area contributed by atoms with E-state index in [-0.39, 0.29) is 30.7 Å². The van der Waals surface area contributed by atoms with Crippen molar-refractivity contribution in [2.45, 2.75) is 58.4 Å². The summed E-state index contributed by atoms with van der Waals surface area (Å²) >= 11 is 0. The zero-order valence-corrected chi connectivity index (χ0v) is 12.8. The van der Waals surface area contributed by atoms with Crippen LogP contribution >= 0.6 is 0 Å². The second-order valence-electron chi connectivity index (χ2n) is 5.28. The number of rotatable bonds is 4. The van der Waals surface area contributed by atoms with Gasteiger partial charge < -0.3 is 8.85 Å². The summed E-state index contributed by atoms with van der Waals surface area (Å²) in [4.78, 5) is 0. The molecule has 0 aliphatic carbocycles. The van der Waals surface area contributed by atoms with Crippen molar-refractivity contribution in [2.24, 2.45) is 0 Å². The SMILES string of the molecule is CC(C)(C)O[SiH2]C[SiH2]OC(C)(C)C. The molecular weight excluding hydrogens is 196 g/mol. The second-order valence-corrected chi connectivity index (χ2v) is 9.50. The average Bonchev–Trinajstić information content (AvgIpc) is 1.81. The first-order valence-corrected chi connectivity index (χ1v) is 8.14. The van der Waals surface area contributed by atoms with Crippen molar-refractivity contribution in [3.63, 3.8) is 0 Å². The molecule has 0 saturated heterocycles. The van der Waals surface area contributed by atoms with Crippen LogP contribution in [0, 0.1) is 0 Å². The lowest BCUT2D eigenvalue weighted by Gasteiger charge is -2.22. The van der Waals surface area contributed by atoms with Gasteiger partial charge in [-0.1, -0.05) is 0 Å². The summed E-state index contributed by atoms with van der Waals surface area (Å²) < 4.78 is 11.5. The van der Waals surface area contributed by atoms with Gasteiger partial charge in [-0.2, -0.15) is 0 Å². The van der Waals surface area contributed by atoms with Gasteiger partial charge in [0.25, 0.3) is 0 Å². The van der Waals surface area contributed by atoms with Crippen LogP contribution in [-0.4, -0.2) is 30.7 Å². The van der Waals surface area contributed by atoms with Crippen LogP contribution in [0.3, 0.4) is 0 Å². The summed E-state index contributed by atoms with van der Waals surface area (Å²) in [6.45, 7) is 12.7. The molecule has 0 saturated carbocycles. The third-order valence-corrected chi connectivity index (χ3v) is 5.81. The summed E-state index contributed by atoms with van der Waals surface area (Å²) in [6, 6.07) is 0. The van der Waals surface area contributed by atoms with E-state index in [0.29, 0.717) is 0 Å². The molecule has 0 fully saturated rings. The Labute approximate surface area is 87.3 Å². The molecule has 0 heterocycles. The van der Waals surface area contributed by atoms with Crippen LogP contribution < -0.4 is 0 Å². The van der Waals surface area contributed by atoms with Gasteiger partial charge in [0.05, 0.1) is 0 Å². The highest BCUT2D eigenvalue weighted by molar-refractivity contribution is 6.48. The lowest BCUT2D eigenvalue weighted by Crippen LogP contribution is -2.25. The van der Waals surface area contributed by atoms with Crippen LogP contribution in [-0.2, 0) is 8.85 Å². The Hall–Kier alpha value is 0.354. The number of hydrogen-bond donors (Lipinski definition) is 0. The Balaban J connectivity index is 3.28. The lowest BCUT2D eigenvalue weighted by atomic mass is 10.2. The van der Waals surface area contributed by atoms with E-state index >= 15 is 0 Å². The maximum Gasteiger partial charge on any atom is 0.161 e. The van der Waals surface area contributed by atoms with Crippen molar-refractivity contribution in [3.05, 3.63) is 0 Å². The van der Waals surface area contributed by atoms with Crippen molar-refractivity contribution in [3.8, 4) is 0 Å². The fraction of sp³-hybridized carbons (Fsp3) is 1.00. The van der Waals surface area contributed by atoms with Gasteiger partial charge in [-0.15, -0.1) is 0 Å². The molecule has 0 amide bonds. The average molecular weight is 220 g/mol. The Morgan fingerprint density at radius 1 is 0.769 bits per heavy atom. The van der Waals surface area contributed by atoms with Crippen LogP contribution in [0.15, 0.2) is 0 Å². The minimum atomic E-state index is -0.325. The molecule has 0 aromatic heterocycles. The molecule has 0 atom stereocenters. The van der Waals surface area contributed by atoms with Crippen LogP contribution in [0.4, 0.5) is 0 Å². The van der Waals surface area contributed by atoms with E-state index in [0.717, 1.165) is 0 Å². The predicted molar refractivity (Wildman–Crippen MR) is 63.6 cm³/mol. The van der Waals surface area contributed by atoms with Gasteiger partial charge in [0.15, 0.2) is 19.5 Å². The molecule has 13 heavy (non-hydrogen) atoms. The molecule has 0 aliphatic rings. The van der Waals surface area contributed by atoms with Gasteiger partial charge in [0.1, 0.15) is 0 Å².